The third-order valence-corrected chi connectivity index (χ3v) is 6.31. The molecule has 0 aliphatic heterocycles. The number of rotatable bonds is 6. The Bertz CT molecular complexity index is 1110. The fraction of sp³-hybridized carbons (Fsp3) is 0.417. The van der Waals surface area contributed by atoms with Gasteiger partial charge in [0.25, 0.3) is 5.91 Å². The maximum absolute atomic E-state index is 13.2. The number of fused-ring (bicyclic) bond motifs is 1. The smallest absolute Gasteiger partial charge is 0.404 e. The summed E-state index contributed by atoms with van der Waals surface area (Å²) in [5, 5.41) is 19.2. The van der Waals surface area contributed by atoms with E-state index in [0.29, 0.717) is 41.9 Å². The highest BCUT2D eigenvalue weighted by atomic mass is 16.5. The van der Waals surface area contributed by atoms with Crippen LogP contribution in [0, 0.1) is 25.7 Å². The van der Waals surface area contributed by atoms with Gasteiger partial charge in [0.05, 0.1) is 28.0 Å². The Kier molecular flexibility index (Phi) is 6.39. The average molecular weight is 437 g/mol. The summed E-state index contributed by atoms with van der Waals surface area (Å²) >= 11 is 0. The van der Waals surface area contributed by atoms with Crippen molar-refractivity contribution in [2.24, 2.45) is 11.8 Å². The van der Waals surface area contributed by atoms with Crippen molar-refractivity contribution in [3.8, 4) is 11.3 Å². The highest BCUT2D eigenvalue weighted by molar-refractivity contribution is 6.07. The number of carbonyl (C=O) groups is 2. The molecular weight excluding hydrogens is 408 g/mol. The average Bonchev–Trinajstić information content (AvgIpc) is 3.13. The topological polar surface area (TPSA) is 117 Å². The van der Waals surface area contributed by atoms with Gasteiger partial charge in [0.15, 0.2) is 0 Å². The van der Waals surface area contributed by atoms with E-state index in [1.165, 1.54) is 0 Å². The molecule has 1 aromatic carbocycles. The number of amides is 2. The minimum absolute atomic E-state index is 0.119. The Morgan fingerprint density at radius 1 is 1.06 bits per heavy atom. The van der Waals surface area contributed by atoms with E-state index in [0.717, 1.165) is 47.8 Å². The Hall–Kier alpha value is -3.42. The molecule has 0 bridgehead atoms. The van der Waals surface area contributed by atoms with Crippen LogP contribution < -0.4 is 10.6 Å². The number of aromatic nitrogens is 2. The maximum atomic E-state index is 13.2. The van der Waals surface area contributed by atoms with Crippen molar-refractivity contribution in [1.29, 1.82) is 0 Å². The highest BCUT2D eigenvalue weighted by Crippen LogP contribution is 2.30. The summed E-state index contributed by atoms with van der Waals surface area (Å²) in [4.78, 5) is 28.6. The molecule has 0 atom stereocenters. The van der Waals surface area contributed by atoms with E-state index in [1.807, 2.05) is 44.2 Å². The SMILES string of the molecule is Cc1noc(C)c1-c1cc(C(=O)NCC2CCC(CNC(=O)O)CC2)c2ccccc2n1. The quantitative estimate of drug-likeness (QED) is 0.530. The molecule has 3 N–H and O–H groups in total. The lowest BCUT2D eigenvalue weighted by atomic mass is 9.82. The number of aryl methyl sites for hydroxylation is 2. The molecule has 0 radical (unpaired) electrons. The molecule has 2 amide bonds. The van der Waals surface area contributed by atoms with Crippen molar-refractivity contribution in [2.75, 3.05) is 13.1 Å². The minimum Gasteiger partial charge on any atom is -0.465 e. The van der Waals surface area contributed by atoms with E-state index in [2.05, 4.69) is 15.8 Å². The first-order valence-electron chi connectivity index (χ1n) is 11.0. The predicted octanol–water partition coefficient (Wildman–Crippen LogP) is 4.31. The lowest BCUT2D eigenvalue weighted by Crippen LogP contribution is -2.34. The lowest BCUT2D eigenvalue weighted by Gasteiger charge is -2.28. The molecule has 168 valence electrons. The number of para-hydroxylation sites is 1. The third kappa shape index (κ3) is 4.74. The Morgan fingerprint density at radius 2 is 1.72 bits per heavy atom. The standard InChI is InChI=1S/C24H28N4O4/c1-14-22(15(2)32-28-14)21-11-19(18-5-3-4-6-20(18)27-21)23(29)25-12-16-7-9-17(10-8-16)13-26-24(30)31/h3-6,11,16-17,26H,7-10,12-13H2,1-2H3,(H,25,29)(H,30,31). The summed E-state index contributed by atoms with van der Waals surface area (Å²) < 4.78 is 5.30. The van der Waals surface area contributed by atoms with Crippen molar-refractivity contribution in [2.45, 2.75) is 39.5 Å². The highest BCUT2D eigenvalue weighted by Gasteiger charge is 2.23. The number of carboxylic acid groups (broad SMARTS) is 1. The van der Waals surface area contributed by atoms with Gasteiger partial charge in [-0.3, -0.25) is 4.79 Å². The van der Waals surface area contributed by atoms with Gasteiger partial charge in [-0.05, 0) is 63.5 Å². The second-order valence-corrected chi connectivity index (χ2v) is 8.55. The van der Waals surface area contributed by atoms with Crippen LogP contribution in [0.25, 0.3) is 22.2 Å². The molecule has 4 rings (SSSR count). The lowest BCUT2D eigenvalue weighted by molar-refractivity contribution is 0.0942. The number of carbonyl (C=O) groups excluding carboxylic acids is 1. The van der Waals surface area contributed by atoms with Gasteiger partial charge in [-0.1, -0.05) is 23.4 Å². The van der Waals surface area contributed by atoms with E-state index in [4.69, 9.17) is 14.6 Å². The zero-order chi connectivity index (χ0) is 22.7. The van der Waals surface area contributed by atoms with Crippen molar-refractivity contribution in [1.82, 2.24) is 20.8 Å². The van der Waals surface area contributed by atoms with Crippen LogP contribution in [-0.2, 0) is 0 Å². The van der Waals surface area contributed by atoms with Gasteiger partial charge in [0, 0.05) is 18.5 Å². The molecule has 2 aromatic heterocycles. The van der Waals surface area contributed by atoms with Crippen LogP contribution in [-0.4, -0.2) is 40.3 Å². The number of nitrogens with zero attached hydrogens (tertiary/aromatic N) is 2. The Morgan fingerprint density at radius 3 is 2.34 bits per heavy atom. The van der Waals surface area contributed by atoms with Crippen molar-refractivity contribution in [3.05, 3.63) is 47.3 Å². The second-order valence-electron chi connectivity index (χ2n) is 8.55. The number of benzene rings is 1. The van der Waals surface area contributed by atoms with Gasteiger partial charge in [-0.2, -0.15) is 0 Å². The van der Waals surface area contributed by atoms with Gasteiger partial charge in [0.2, 0.25) is 0 Å². The predicted molar refractivity (Wildman–Crippen MR) is 121 cm³/mol. The molecule has 2 heterocycles. The molecule has 1 aliphatic rings. The molecule has 0 saturated heterocycles. The molecular formula is C24H28N4O4. The van der Waals surface area contributed by atoms with E-state index >= 15 is 0 Å². The monoisotopic (exact) mass is 436 g/mol. The summed E-state index contributed by atoms with van der Waals surface area (Å²) in [7, 11) is 0. The molecule has 0 spiro atoms. The van der Waals surface area contributed by atoms with Gasteiger partial charge < -0.3 is 20.3 Å². The van der Waals surface area contributed by atoms with Gasteiger partial charge >= 0.3 is 6.09 Å². The normalized spacial score (nSPS) is 18.4. The first kappa shape index (κ1) is 21.8. The number of hydrogen-bond acceptors (Lipinski definition) is 5. The third-order valence-electron chi connectivity index (χ3n) is 6.31. The number of hydrogen-bond donors (Lipinski definition) is 3. The number of nitrogens with one attached hydrogen (secondary N) is 2. The molecule has 0 unspecified atom stereocenters. The van der Waals surface area contributed by atoms with Crippen LogP contribution in [0.15, 0.2) is 34.9 Å². The Balaban J connectivity index is 1.47. The minimum atomic E-state index is -0.972. The van der Waals surface area contributed by atoms with Crippen molar-refractivity contribution in [3.63, 3.8) is 0 Å². The zero-order valence-corrected chi connectivity index (χ0v) is 18.4. The van der Waals surface area contributed by atoms with Crippen LogP contribution >= 0.6 is 0 Å². The summed E-state index contributed by atoms with van der Waals surface area (Å²) in [5.74, 6) is 1.33. The van der Waals surface area contributed by atoms with Crippen LogP contribution in [0.4, 0.5) is 4.79 Å². The zero-order valence-electron chi connectivity index (χ0n) is 18.4. The summed E-state index contributed by atoms with van der Waals surface area (Å²) in [5.41, 5.74) is 3.58. The van der Waals surface area contributed by atoms with Crippen LogP contribution in [0.1, 0.15) is 47.5 Å². The largest absolute Gasteiger partial charge is 0.465 e. The van der Waals surface area contributed by atoms with Gasteiger partial charge in [-0.25, -0.2) is 9.78 Å². The molecule has 1 aliphatic carbocycles. The summed E-state index contributed by atoms with van der Waals surface area (Å²) in [6.45, 7) is 4.82. The van der Waals surface area contributed by atoms with Gasteiger partial charge in [0.1, 0.15) is 5.76 Å². The molecule has 8 heteroatoms. The molecule has 1 saturated carbocycles. The fourth-order valence-corrected chi connectivity index (χ4v) is 4.54. The maximum Gasteiger partial charge on any atom is 0.404 e. The second kappa shape index (κ2) is 9.38. The van der Waals surface area contributed by atoms with Crippen molar-refractivity contribution >= 4 is 22.9 Å². The molecule has 1 fully saturated rings. The van der Waals surface area contributed by atoms with Crippen LogP contribution in [0.3, 0.4) is 0 Å². The fourth-order valence-electron chi connectivity index (χ4n) is 4.54. The number of pyridine rings is 1. The van der Waals surface area contributed by atoms with E-state index in [1.54, 1.807) is 0 Å². The van der Waals surface area contributed by atoms with E-state index in [-0.39, 0.29) is 5.91 Å². The first-order valence-corrected chi connectivity index (χ1v) is 11.0. The van der Waals surface area contributed by atoms with Crippen LogP contribution in [0.5, 0.6) is 0 Å². The summed E-state index contributed by atoms with van der Waals surface area (Å²) in [6, 6.07) is 9.45. The Labute approximate surface area is 186 Å². The van der Waals surface area contributed by atoms with Gasteiger partial charge in [-0.15, -0.1) is 0 Å². The van der Waals surface area contributed by atoms with E-state index in [9.17, 15) is 9.59 Å². The molecule has 32 heavy (non-hydrogen) atoms. The molecule has 3 aromatic rings. The van der Waals surface area contributed by atoms with Crippen LogP contribution in [0.2, 0.25) is 0 Å². The summed E-state index contributed by atoms with van der Waals surface area (Å²) in [6.07, 6.45) is 2.92. The first-order chi connectivity index (χ1) is 15.4. The molecule has 8 nitrogen and oxygen atoms in total. The van der Waals surface area contributed by atoms with Crippen molar-refractivity contribution < 1.29 is 19.2 Å². The van der Waals surface area contributed by atoms with E-state index < -0.39 is 6.09 Å².